The van der Waals surface area contributed by atoms with Crippen LogP contribution in [0.3, 0.4) is 0 Å². The number of carbonyl (C=O) groups is 2. The van der Waals surface area contributed by atoms with Crippen molar-refractivity contribution < 1.29 is 37.3 Å². The zero-order valence-corrected chi connectivity index (χ0v) is 20.6. The number of ether oxygens (including phenoxy) is 2. The van der Waals surface area contributed by atoms with Gasteiger partial charge in [0.25, 0.3) is 11.7 Å². The van der Waals surface area contributed by atoms with E-state index in [1.165, 1.54) is 24.1 Å². The van der Waals surface area contributed by atoms with Gasteiger partial charge in [-0.15, -0.1) is 0 Å². The lowest BCUT2D eigenvalue weighted by Crippen LogP contribution is -2.29. The first-order valence-electron chi connectivity index (χ1n) is 11.9. The van der Waals surface area contributed by atoms with Crippen LogP contribution in [0.5, 0.6) is 11.5 Å². The van der Waals surface area contributed by atoms with E-state index in [-0.39, 0.29) is 29.5 Å². The van der Waals surface area contributed by atoms with Gasteiger partial charge in [0.05, 0.1) is 24.3 Å². The number of rotatable bonds is 5. The Morgan fingerprint density at radius 1 is 1.08 bits per heavy atom. The molecule has 1 N–H and O–H groups in total. The number of methoxy groups -OCH3 is 1. The molecular weight excluding hydrogens is 499 g/mol. The van der Waals surface area contributed by atoms with Gasteiger partial charge in [0, 0.05) is 18.5 Å². The SMILES string of the molecule is COc1cccc(C2/C(=C(/O)c3ccc4c(c3)CC(C)O4)C(=O)C(=O)N2Cc2cccc(C(F)(F)F)c2)c1. The predicted octanol–water partition coefficient (Wildman–Crippen LogP) is 5.66. The standard InChI is InChI=1S/C29H24F3NO5/c1-16-11-20-13-19(9-10-23(20)38-16)26(34)24-25(18-6-4-8-22(14-18)37-2)33(28(36)27(24)35)15-17-5-3-7-21(12-17)29(30,31)32/h3-10,12-14,16,25,34H,11,15H2,1-2H3/b26-24-. The van der Waals surface area contributed by atoms with Gasteiger partial charge in [-0.2, -0.15) is 13.2 Å². The van der Waals surface area contributed by atoms with E-state index in [2.05, 4.69) is 0 Å². The van der Waals surface area contributed by atoms with E-state index in [0.29, 0.717) is 29.0 Å². The Bertz CT molecular complexity index is 1460. The van der Waals surface area contributed by atoms with E-state index in [9.17, 15) is 27.9 Å². The number of benzene rings is 3. The highest BCUT2D eigenvalue weighted by atomic mass is 19.4. The summed E-state index contributed by atoms with van der Waals surface area (Å²) in [7, 11) is 1.46. The minimum atomic E-state index is -4.56. The first kappa shape index (κ1) is 25.4. The molecule has 2 aliphatic heterocycles. The first-order chi connectivity index (χ1) is 18.1. The van der Waals surface area contributed by atoms with Gasteiger partial charge < -0.3 is 19.5 Å². The number of carbonyl (C=O) groups excluding carboxylic acids is 2. The van der Waals surface area contributed by atoms with E-state index in [4.69, 9.17) is 9.47 Å². The highest BCUT2D eigenvalue weighted by Crippen LogP contribution is 2.42. The fraction of sp³-hybridized carbons (Fsp3) is 0.241. The van der Waals surface area contributed by atoms with Crippen LogP contribution >= 0.6 is 0 Å². The highest BCUT2D eigenvalue weighted by molar-refractivity contribution is 6.46. The van der Waals surface area contributed by atoms with Crippen LogP contribution in [0.2, 0.25) is 0 Å². The van der Waals surface area contributed by atoms with Crippen LogP contribution in [0.25, 0.3) is 5.76 Å². The van der Waals surface area contributed by atoms with Crippen LogP contribution < -0.4 is 9.47 Å². The largest absolute Gasteiger partial charge is 0.507 e. The predicted molar refractivity (Wildman–Crippen MR) is 133 cm³/mol. The van der Waals surface area contributed by atoms with Gasteiger partial charge in [-0.05, 0) is 66.1 Å². The van der Waals surface area contributed by atoms with Gasteiger partial charge >= 0.3 is 6.18 Å². The summed E-state index contributed by atoms with van der Waals surface area (Å²) in [5.41, 5.74) is 0.846. The monoisotopic (exact) mass is 523 g/mol. The van der Waals surface area contributed by atoms with E-state index in [1.54, 1.807) is 42.5 Å². The number of nitrogens with zero attached hydrogens (tertiary/aromatic N) is 1. The molecule has 0 aromatic heterocycles. The lowest BCUT2D eigenvalue weighted by Gasteiger charge is -2.26. The van der Waals surface area contributed by atoms with Crippen LogP contribution in [0, 0.1) is 0 Å². The van der Waals surface area contributed by atoms with Crippen molar-refractivity contribution in [3.8, 4) is 11.5 Å². The van der Waals surface area contributed by atoms with E-state index in [1.807, 2.05) is 6.92 Å². The molecule has 1 amide bonds. The zero-order chi connectivity index (χ0) is 27.2. The number of fused-ring (bicyclic) bond motifs is 1. The number of Topliss-reactive ketones (excluding diaryl/α,β-unsaturated/α-hetero) is 1. The second-order valence-corrected chi connectivity index (χ2v) is 9.36. The Morgan fingerprint density at radius 2 is 1.84 bits per heavy atom. The van der Waals surface area contributed by atoms with Crippen molar-refractivity contribution in [1.82, 2.24) is 4.90 Å². The van der Waals surface area contributed by atoms with E-state index < -0.39 is 29.5 Å². The summed E-state index contributed by atoms with van der Waals surface area (Å²) >= 11 is 0. The summed E-state index contributed by atoms with van der Waals surface area (Å²) in [5.74, 6) is -1.08. The molecule has 0 aliphatic carbocycles. The number of halogens is 3. The molecule has 0 bridgehead atoms. The molecule has 1 saturated heterocycles. The third-order valence-electron chi connectivity index (χ3n) is 6.73. The fourth-order valence-corrected chi connectivity index (χ4v) is 4.97. The molecule has 2 aliphatic rings. The Labute approximate surface area is 216 Å². The summed E-state index contributed by atoms with van der Waals surface area (Å²) in [6.45, 7) is 1.64. The normalized spacial score (nSPS) is 20.4. The molecule has 2 unspecified atom stereocenters. The molecule has 0 radical (unpaired) electrons. The number of likely N-dealkylation sites (tertiary alicyclic amines) is 1. The number of amides is 1. The second kappa shape index (κ2) is 9.55. The average molecular weight is 524 g/mol. The number of aliphatic hydroxyl groups excluding tert-OH is 1. The van der Waals surface area contributed by atoms with E-state index in [0.717, 1.165) is 17.7 Å². The first-order valence-corrected chi connectivity index (χ1v) is 11.9. The van der Waals surface area contributed by atoms with Gasteiger partial charge in [-0.25, -0.2) is 0 Å². The minimum absolute atomic E-state index is 0.0304. The molecule has 3 aromatic rings. The summed E-state index contributed by atoms with van der Waals surface area (Å²) in [5, 5.41) is 11.4. The molecule has 38 heavy (non-hydrogen) atoms. The topological polar surface area (TPSA) is 76.1 Å². The van der Waals surface area contributed by atoms with Crippen molar-refractivity contribution in [1.29, 1.82) is 0 Å². The zero-order valence-electron chi connectivity index (χ0n) is 20.6. The maximum Gasteiger partial charge on any atom is 0.416 e. The summed E-state index contributed by atoms with van der Waals surface area (Å²) < 4.78 is 51.0. The quantitative estimate of drug-likeness (QED) is 0.265. The Balaban J connectivity index is 1.62. The Kier molecular flexibility index (Phi) is 6.38. The van der Waals surface area contributed by atoms with Crippen LogP contribution in [0.1, 0.15) is 40.8 Å². The molecule has 196 valence electrons. The summed E-state index contributed by atoms with van der Waals surface area (Å²) in [6.07, 6.45) is -3.97. The highest BCUT2D eigenvalue weighted by Gasteiger charge is 2.46. The average Bonchev–Trinajstić information content (AvgIpc) is 3.39. The van der Waals surface area contributed by atoms with Crippen molar-refractivity contribution >= 4 is 17.4 Å². The molecule has 2 atom stereocenters. The Hall–Kier alpha value is -4.27. The van der Waals surface area contributed by atoms with Gasteiger partial charge in [-0.3, -0.25) is 9.59 Å². The number of alkyl halides is 3. The maximum absolute atomic E-state index is 13.3. The number of aliphatic hydroxyl groups is 1. The van der Waals surface area contributed by atoms with Crippen molar-refractivity contribution in [3.63, 3.8) is 0 Å². The van der Waals surface area contributed by atoms with Crippen LogP contribution in [0.15, 0.2) is 72.3 Å². The molecule has 0 spiro atoms. The maximum atomic E-state index is 13.3. The van der Waals surface area contributed by atoms with Gasteiger partial charge in [0.15, 0.2) is 0 Å². The number of hydrogen-bond donors (Lipinski definition) is 1. The third-order valence-corrected chi connectivity index (χ3v) is 6.73. The molecule has 3 aromatic carbocycles. The third kappa shape index (κ3) is 4.60. The van der Waals surface area contributed by atoms with Gasteiger partial charge in [-0.1, -0.05) is 24.3 Å². The molecule has 5 rings (SSSR count). The number of ketones is 1. The molecular formula is C29H24F3NO5. The van der Waals surface area contributed by atoms with Crippen LogP contribution in [0.4, 0.5) is 13.2 Å². The van der Waals surface area contributed by atoms with Crippen molar-refractivity contribution in [2.75, 3.05) is 7.11 Å². The summed E-state index contributed by atoms with van der Waals surface area (Å²) in [4.78, 5) is 27.8. The minimum Gasteiger partial charge on any atom is -0.507 e. The summed E-state index contributed by atoms with van der Waals surface area (Å²) in [6, 6.07) is 15.2. The van der Waals surface area contributed by atoms with Crippen LogP contribution in [-0.4, -0.2) is 34.9 Å². The van der Waals surface area contributed by atoms with Crippen LogP contribution in [-0.2, 0) is 28.7 Å². The molecule has 6 nitrogen and oxygen atoms in total. The number of hydrogen-bond acceptors (Lipinski definition) is 5. The molecule has 9 heteroatoms. The lowest BCUT2D eigenvalue weighted by molar-refractivity contribution is -0.140. The van der Waals surface area contributed by atoms with Crippen molar-refractivity contribution in [2.45, 2.75) is 38.2 Å². The van der Waals surface area contributed by atoms with E-state index >= 15 is 0 Å². The second-order valence-electron chi connectivity index (χ2n) is 9.36. The van der Waals surface area contributed by atoms with Gasteiger partial charge in [0.1, 0.15) is 23.4 Å². The molecule has 1 fully saturated rings. The van der Waals surface area contributed by atoms with Crippen molar-refractivity contribution in [3.05, 3.63) is 100 Å². The van der Waals surface area contributed by atoms with Crippen molar-refractivity contribution in [2.24, 2.45) is 0 Å². The molecule has 0 saturated carbocycles. The smallest absolute Gasteiger partial charge is 0.416 e. The lowest BCUT2D eigenvalue weighted by atomic mass is 9.94. The molecule has 2 heterocycles. The Morgan fingerprint density at radius 3 is 2.58 bits per heavy atom. The fourth-order valence-electron chi connectivity index (χ4n) is 4.97. The van der Waals surface area contributed by atoms with Gasteiger partial charge in [0.2, 0.25) is 0 Å².